The van der Waals surface area contributed by atoms with Gasteiger partial charge in [0.1, 0.15) is 26.1 Å². The number of halogens is 2. The van der Waals surface area contributed by atoms with Crippen molar-refractivity contribution >= 4 is 57.1 Å². The van der Waals surface area contributed by atoms with Gasteiger partial charge < -0.3 is 18.9 Å². The van der Waals surface area contributed by atoms with E-state index in [0.29, 0.717) is 11.1 Å². The molecule has 0 fully saturated rings. The van der Waals surface area contributed by atoms with Crippen LogP contribution in [0.2, 0.25) is 0 Å². The molecule has 0 heterocycles. The molecule has 0 unspecified atom stereocenters. The maximum Gasteiger partial charge on any atom is 0.338 e. The molecule has 0 aliphatic rings. The number of rotatable bonds is 9. The van der Waals surface area contributed by atoms with Gasteiger partial charge in [-0.05, 0) is 81.6 Å². The molecule has 2 aromatic carbocycles. The predicted molar refractivity (Wildman–Crippen MR) is 116 cm³/mol. The van der Waals surface area contributed by atoms with Crippen molar-refractivity contribution in [1.29, 1.82) is 0 Å². The molecule has 0 N–H and O–H groups in total. The smallest absolute Gasteiger partial charge is 0.338 e. The van der Waals surface area contributed by atoms with E-state index >= 15 is 0 Å². The Morgan fingerprint density at radius 2 is 1.37 bits per heavy atom. The third-order valence-electron chi connectivity index (χ3n) is 3.34. The fourth-order valence-electron chi connectivity index (χ4n) is 2.04. The summed E-state index contributed by atoms with van der Waals surface area (Å²) >= 11 is 4.24. The van der Waals surface area contributed by atoms with Gasteiger partial charge in [-0.2, -0.15) is 0 Å². The second kappa shape index (κ2) is 11.6. The van der Waals surface area contributed by atoms with E-state index in [1.807, 2.05) is 12.1 Å². The Morgan fingerprint density at radius 3 is 1.78 bits per heavy atom. The molecular formula is C19H18I2O6. The number of ether oxygens (including phenoxy) is 4. The zero-order valence-electron chi connectivity index (χ0n) is 14.5. The van der Waals surface area contributed by atoms with Gasteiger partial charge in [0.05, 0.1) is 11.1 Å². The summed E-state index contributed by atoms with van der Waals surface area (Å²) in [6.45, 7) is -0.132. The van der Waals surface area contributed by atoms with E-state index < -0.39 is 18.0 Å². The van der Waals surface area contributed by atoms with Gasteiger partial charge in [0, 0.05) is 14.3 Å². The first kappa shape index (κ1) is 22.1. The van der Waals surface area contributed by atoms with Crippen LogP contribution in [-0.4, -0.2) is 45.2 Å². The van der Waals surface area contributed by atoms with Gasteiger partial charge in [-0.15, -0.1) is 0 Å². The maximum absolute atomic E-state index is 12.2. The number of methoxy groups -OCH3 is 1. The lowest BCUT2D eigenvalue weighted by Gasteiger charge is -2.17. The van der Waals surface area contributed by atoms with E-state index in [0.717, 1.165) is 7.14 Å². The van der Waals surface area contributed by atoms with Crippen molar-refractivity contribution < 1.29 is 28.5 Å². The molecule has 0 spiro atoms. The summed E-state index contributed by atoms with van der Waals surface area (Å²) in [4.78, 5) is 24.3. The minimum absolute atomic E-state index is 0.00770. The Morgan fingerprint density at radius 1 is 0.889 bits per heavy atom. The minimum Gasteiger partial charge on any atom is -0.459 e. The first-order valence-corrected chi connectivity index (χ1v) is 10.1. The Bertz CT molecular complexity index is 719. The fourth-order valence-corrected chi connectivity index (χ4v) is 3.13. The zero-order valence-corrected chi connectivity index (χ0v) is 18.8. The van der Waals surface area contributed by atoms with Crippen LogP contribution in [0.4, 0.5) is 0 Å². The SMILES string of the molecule is COCOC(COC(=O)c1cccc(I)c1)COC(=O)c1cccc(I)c1. The number of benzene rings is 2. The number of carbonyl (C=O) groups excluding carboxylic acids is 2. The largest absolute Gasteiger partial charge is 0.459 e. The van der Waals surface area contributed by atoms with Crippen molar-refractivity contribution in [3.05, 3.63) is 66.8 Å². The molecule has 0 atom stereocenters. The van der Waals surface area contributed by atoms with Gasteiger partial charge in [0.25, 0.3) is 0 Å². The molecule has 0 radical (unpaired) electrons. The van der Waals surface area contributed by atoms with Gasteiger partial charge in [-0.3, -0.25) is 0 Å². The Hall–Kier alpha value is -1.24. The summed E-state index contributed by atoms with van der Waals surface area (Å²) in [5, 5.41) is 0. The molecule has 0 bridgehead atoms. The number of hydrogen-bond acceptors (Lipinski definition) is 6. The topological polar surface area (TPSA) is 71.1 Å². The molecule has 2 rings (SSSR count). The average Bonchev–Trinajstić information content (AvgIpc) is 2.66. The highest BCUT2D eigenvalue weighted by Gasteiger charge is 2.17. The molecule has 27 heavy (non-hydrogen) atoms. The van der Waals surface area contributed by atoms with Crippen LogP contribution in [0, 0.1) is 7.14 Å². The van der Waals surface area contributed by atoms with E-state index in [2.05, 4.69) is 45.2 Å². The standard InChI is InChI=1S/C19H18I2O6/c1-24-12-27-17(10-25-18(22)13-4-2-6-15(20)8-13)11-26-19(23)14-5-3-7-16(21)9-14/h2-9,17H,10-12H2,1H3. The Balaban J connectivity index is 1.90. The normalized spacial score (nSPS) is 10.7. The van der Waals surface area contributed by atoms with Crippen molar-refractivity contribution in [1.82, 2.24) is 0 Å². The third-order valence-corrected chi connectivity index (χ3v) is 4.68. The van der Waals surface area contributed by atoms with Crippen LogP contribution in [0.3, 0.4) is 0 Å². The molecule has 2 aromatic rings. The predicted octanol–water partition coefficient (Wildman–Crippen LogP) is 3.90. The highest BCUT2D eigenvalue weighted by molar-refractivity contribution is 14.1. The van der Waals surface area contributed by atoms with E-state index in [-0.39, 0.29) is 20.0 Å². The van der Waals surface area contributed by atoms with Crippen molar-refractivity contribution in [2.24, 2.45) is 0 Å². The number of esters is 2. The lowest BCUT2D eigenvalue weighted by molar-refractivity contribution is -0.106. The maximum atomic E-state index is 12.2. The highest BCUT2D eigenvalue weighted by Crippen LogP contribution is 2.11. The van der Waals surface area contributed by atoms with Crippen LogP contribution in [0.5, 0.6) is 0 Å². The second-order valence-electron chi connectivity index (χ2n) is 5.41. The van der Waals surface area contributed by atoms with Gasteiger partial charge in [0.2, 0.25) is 0 Å². The van der Waals surface area contributed by atoms with Gasteiger partial charge in [-0.1, -0.05) is 12.1 Å². The Kier molecular flexibility index (Phi) is 9.45. The van der Waals surface area contributed by atoms with Gasteiger partial charge in [0.15, 0.2) is 0 Å². The summed E-state index contributed by atoms with van der Waals surface area (Å²) in [5.41, 5.74) is 0.895. The molecule has 0 saturated carbocycles. The monoisotopic (exact) mass is 596 g/mol. The quantitative estimate of drug-likeness (QED) is 0.249. The van der Waals surface area contributed by atoms with E-state index in [1.54, 1.807) is 36.4 Å². The third kappa shape index (κ3) is 7.72. The van der Waals surface area contributed by atoms with E-state index in [9.17, 15) is 9.59 Å². The summed E-state index contributed by atoms with van der Waals surface area (Å²) < 4.78 is 22.7. The van der Waals surface area contributed by atoms with E-state index in [4.69, 9.17) is 18.9 Å². The van der Waals surface area contributed by atoms with Gasteiger partial charge in [-0.25, -0.2) is 9.59 Å². The van der Waals surface area contributed by atoms with Crippen LogP contribution >= 0.6 is 45.2 Å². The molecular weight excluding hydrogens is 578 g/mol. The molecule has 0 amide bonds. The highest BCUT2D eigenvalue weighted by atomic mass is 127. The van der Waals surface area contributed by atoms with Crippen LogP contribution in [0.15, 0.2) is 48.5 Å². The fraction of sp³-hybridized carbons (Fsp3) is 0.263. The summed E-state index contributed by atoms with van der Waals surface area (Å²) in [7, 11) is 1.48. The van der Waals surface area contributed by atoms with Crippen molar-refractivity contribution in [2.45, 2.75) is 6.10 Å². The lowest BCUT2D eigenvalue weighted by Crippen LogP contribution is -2.29. The van der Waals surface area contributed by atoms with Crippen LogP contribution < -0.4 is 0 Å². The summed E-state index contributed by atoms with van der Waals surface area (Å²) in [6.07, 6.45) is -0.636. The van der Waals surface area contributed by atoms with Crippen molar-refractivity contribution in [3.63, 3.8) is 0 Å². The van der Waals surface area contributed by atoms with Crippen LogP contribution in [0.1, 0.15) is 20.7 Å². The molecule has 0 saturated heterocycles. The molecule has 0 aliphatic heterocycles. The average molecular weight is 596 g/mol. The first-order valence-electron chi connectivity index (χ1n) is 7.95. The van der Waals surface area contributed by atoms with E-state index in [1.165, 1.54) is 7.11 Å². The number of hydrogen-bond donors (Lipinski definition) is 0. The molecule has 144 valence electrons. The van der Waals surface area contributed by atoms with Crippen LogP contribution in [0.25, 0.3) is 0 Å². The molecule has 8 heteroatoms. The minimum atomic E-state index is -0.636. The first-order chi connectivity index (χ1) is 13.0. The second-order valence-corrected chi connectivity index (χ2v) is 7.90. The molecule has 0 aromatic heterocycles. The number of carbonyl (C=O) groups is 2. The molecule has 6 nitrogen and oxygen atoms in total. The summed E-state index contributed by atoms with van der Waals surface area (Å²) in [5.74, 6) is -0.938. The lowest BCUT2D eigenvalue weighted by atomic mass is 10.2. The van der Waals surface area contributed by atoms with Gasteiger partial charge >= 0.3 is 11.9 Å². The van der Waals surface area contributed by atoms with Crippen LogP contribution in [-0.2, 0) is 18.9 Å². The molecule has 0 aliphatic carbocycles. The Labute approximate surface area is 184 Å². The van der Waals surface area contributed by atoms with Crippen molar-refractivity contribution in [3.8, 4) is 0 Å². The summed E-state index contributed by atoms with van der Waals surface area (Å²) in [6, 6.07) is 14.1. The van der Waals surface area contributed by atoms with Crippen molar-refractivity contribution in [2.75, 3.05) is 27.1 Å². The zero-order chi connectivity index (χ0) is 19.6.